The van der Waals surface area contributed by atoms with Crippen molar-refractivity contribution < 1.29 is 4.74 Å². The Bertz CT molecular complexity index is 629. The number of anilines is 1. The molecule has 1 heterocycles. The molecule has 0 aliphatic carbocycles. The van der Waals surface area contributed by atoms with Gasteiger partial charge in [-0.2, -0.15) is 5.26 Å². The van der Waals surface area contributed by atoms with Crippen LogP contribution in [-0.2, 0) is 0 Å². The third-order valence-corrected chi connectivity index (χ3v) is 2.55. The maximum absolute atomic E-state index is 8.87. The molecule has 2 N–H and O–H groups in total. The number of aryl methyl sites for hydroxylation is 2. The molecule has 0 unspecified atom stereocenters. The number of nitriles is 1. The summed E-state index contributed by atoms with van der Waals surface area (Å²) in [5.74, 6) is 0.965. The Morgan fingerprint density at radius 1 is 1.22 bits per heavy atom. The van der Waals surface area contributed by atoms with Gasteiger partial charge in [0.05, 0.1) is 17.3 Å². The van der Waals surface area contributed by atoms with Crippen molar-refractivity contribution in [2.45, 2.75) is 13.8 Å². The Hall–Kier alpha value is -2.54. The number of hydrogen-bond acceptors (Lipinski definition) is 4. The lowest BCUT2D eigenvalue weighted by Gasteiger charge is -2.10. The van der Waals surface area contributed by atoms with Crippen LogP contribution in [0.1, 0.15) is 16.8 Å². The lowest BCUT2D eigenvalue weighted by molar-refractivity contribution is 0.461. The molecular formula is C14H13N3O. The number of benzene rings is 1. The van der Waals surface area contributed by atoms with Crippen molar-refractivity contribution in [3.05, 3.63) is 47.2 Å². The van der Waals surface area contributed by atoms with Crippen LogP contribution in [-0.4, -0.2) is 4.98 Å². The van der Waals surface area contributed by atoms with Gasteiger partial charge in [0, 0.05) is 5.69 Å². The molecule has 0 aliphatic heterocycles. The van der Waals surface area contributed by atoms with Crippen LogP contribution in [0, 0.1) is 25.2 Å². The second-order valence-corrected chi connectivity index (χ2v) is 4.04. The molecule has 0 atom stereocenters. The van der Waals surface area contributed by atoms with Gasteiger partial charge in [0.2, 0.25) is 5.88 Å². The van der Waals surface area contributed by atoms with Gasteiger partial charge in [-0.1, -0.05) is 6.07 Å². The zero-order valence-corrected chi connectivity index (χ0v) is 10.3. The van der Waals surface area contributed by atoms with Gasteiger partial charge in [-0.25, -0.2) is 4.98 Å². The van der Waals surface area contributed by atoms with Crippen LogP contribution >= 0.6 is 0 Å². The molecule has 90 valence electrons. The van der Waals surface area contributed by atoms with Crippen LogP contribution in [0.5, 0.6) is 11.6 Å². The van der Waals surface area contributed by atoms with Crippen molar-refractivity contribution in [2.75, 3.05) is 5.73 Å². The molecular weight excluding hydrogens is 226 g/mol. The fourth-order valence-electron chi connectivity index (χ4n) is 1.51. The Balaban J connectivity index is 2.39. The lowest BCUT2D eigenvalue weighted by Crippen LogP contribution is -1.97. The first-order valence-corrected chi connectivity index (χ1v) is 5.52. The summed E-state index contributed by atoms with van der Waals surface area (Å²) in [4.78, 5) is 4.23. The number of ether oxygens (including phenoxy) is 1. The molecule has 4 nitrogen and oxygen atoms in total. The minimum absolute atomic E-state index is 0.369. The van der Waals surface area contributed by atoms with E-state index in [1.54, 1.807) is 18.2 Å². The van der Waals surface area contributed by atoms with E-state index in [2.05, 4.69) is 11.1 Å². The molecule has 0 saturated carbocycles. The van der Waals surface area contributed by atoms with E-state index < -0.39 is 0 Å². The van der Waals surface area contributed by atoms with Gasteiger partial charge in [-0.3, -0.25) is 0 Å². The van der Waals surface area contributed by atoms with E-state index >= 15 is 0 Å². The molecule has 2 rings (SSSR count). The summed E-state index contributed by atoms with van der Waals surface area (Å²) < 4.78 is 5.68. The van der Waals surface area contributed by atoms with Gasteiger partial charge in [0.25, 0.3) is 0 Å². The molecule has 2 aromatic rings. The van der Waals surface area contributed by atoms with E-state index in [0.717, 1.165) is 11.3 Å². The molecule has 0 saturated heterocycles. The van der Waals surface area contributed by atoms with Crippen LogP contribution in [0.15, 0.2) is 30.3 Å². The lowest BCUT2D eigenvalue weighted by atomic mass is 10.1. The van der Waals surface area contributed by atoms with Gasteiger partial charge in [-0.05, 0) is 43.7 Å². The molecule has 0 fully saturated rings. The first kappa shape index (κ1) is 11.9. The molecule has 0 radical (unpaired) electrons. The summed E-state index contributed by atoms with van der Waals surface area (Å²) in [5.41, 5.74) is 8.58. The normalized spacial score (nSPS) is 9.83. The third kappa shape index (κ3) is 2.41. The molecule has 1 aromatic carbocycles. The highest BCUT2D eigenvalue weighted by atomic mass is 16.5. The van der Waals surface area contributed by atoms with Crippen LogP contribution in [0.2, 0.25) is 0 Å². The Kier molecular flexibility index (Phi) is 3.16. The molecule has 0 amide bonds. The first-order chi connectivity index (χ1) is 8.60. The van der Waals surface area contributed by atoms with Gasteiger partial charge in [-0.15, -0.1) is 0 Å². The molecule has 18 heavy (non-hydrogen) atoms. The van der Waals surface area contributed by atoms with Crippen LogP contribution in [0.3, 0.4) is 0 Å². The highest BCUT2D eigenvalue weighted by molar-refractivity contribution is 5.51. The topological polar surface area (TPSA) is 71.9 Å². The summed E-state index contributed by atoms with van der Waals surface area (Å²) in [6.07, 6.45) is 0. The standard InChI is InChI=1S/C14H13N3O/c1-9-3-5-11(8-15)7-13(9)18-14-12(16)6-4-10(2)17-14/h3-7H,16H2,1-2H3. The van der Waals surface area contributed by atoms with Crippen molar-refractivity contribution in [3.8, 4) is 17.7 Å². The predicted octanol–water partition coefficient (Wildman–Crippen LogP) is 2.94. The average Bonchev–Trinajstić information content (AvgIpc) is 2.36. The maximum atomic E-state index is 8.87. The second-order valence-electron chi connectivity index (χ2n) is 4.04. The molecule has 0 bridgehead atoms. The van der Waals surface area contributed by atoms with Gasteiger partial charge in [0.1, 0.15) is 5.75 Å². The molecule has 1 aromatic heterocycles. The Morgan fingerprint density at radius 3 is 2.72 bits per heavy atom. The van der Waals surface area contributed by atoms with E-state index in [1.807, 2.05) is 26.0 Å². The number of pyridine rings is 1. The quantitative estimate of drug-likeness (QED) is 0.874. The van der Waals surface area contributed by atoms with E-state index in [-0.39, 0.29) is 0 Å². The summed E-state index contributed by atoms with van der Waals surface area (Å²) in [6.45, 7) is 3.77. The highest BCUT2D eigenvalue weighted by Gasteiger charge is 2.07. The van der Waals surface area contributed by atoms with Crippen molar-refractivity contribution in [1.29, 1.82) is 5.26 Å². The van der Waals surface area contributed by atoms with Crippen molar-refractivity contribution in [2.24, 2.45) is 0 Å². The van der Waals surface area contributed by atoms with E-state index in [9.17, 15) is 0 Å². The number of aromatic nitrogens is 1. The minimum atomic E-state index is 0.369. The Morgan fingerprint density at radius 2 is 2.00 bits per heavy atom. The second kappa shape index (κ2) is 4.76. The largest absolute Gasteiger partial charge is 0.437 e. The smallest absolute Gasteiger partial charge is 0.242 e. The monoisotopic (exact) mass is 239 g/mol. The van der Waals surface area contributed by atoms with Crippen LogP contribution in [0.25, 0.3) is 0 Å². The number of hydrogen-bond donors (Lipinski definition) is 1. The average molecular weight is 239 g/mol. The summed E-state index contributed by atoms with van der Waals surface area (Å²) in [6, 6.07) is 10.9. The molecule has 4 heteroatoms. The number of nitrogens with zero attached hydrogens (tertiary/aromatic N) is 2. The molecule has 0 spiro atoms. The summed E-state index contributed by atoms with van der Waals surface area (Å²) in [5, 5.41) is 8.87. The number of nitrogen functional groups attached to an aromatic ring is 1. The summed E-state index contributed by atoms with van der Waals surface area (Å²) in [7, 11) is 0. The minimum Gasteiger partial charge on any atom is -0.437 e. The van der Waals surface area contributed by atoms with E-state index in [1.165, 1.54) is 0 Å². The van der Waals surface area contributed by atoms with Gasteiger partial charge >= 0.3 is 0 Å². The fourth-order valence-corrected chi connectivity index (χ4v) is 1.51. The van der Waals surface area contributed by atoms with Crippen molar-refractivity contribution >= 4 is 5.69 Å². The zero-order chi connectivity index (χ0) is 13.1. The highest BCUT2D eigenvalue weighted by Crippen LogP contribution is 2.28. The van der Waals surface area contributed by atoms with Crippen LogP contribution < -0.4 is 10.5 Å². The first-order valence-electron chi connectivity index (χ1n) is 5.52. The SMILES string of the molecule is Cc1ccc(N)c(Oc2cc(C#N)ccc2C)n1. The zero-order valence-electron chi connectivity index (χ0n) is 10.3. The maximum Gasteiger partial charge on any atom is 0.242 e. The van der Waals surface area contributed by atoms with E-state index in [0.29, 0.717) is 22.9 Å². The van der Waals surface area contributed by atoms with Crippen LogP contribution in [0.4, 0.5) is 5.69 Å². The fraction of sp³-hybridized carbons (Fsp3) is 0.143. The van der Waals surface area contributed by atoms with Crippen molar-refractivity contribution in [3.63, 3.8) is 0 Å². The predicted molar refractivity (Wildman–Crippen MR) is 69.4 cm³/mol. The summed E-state index contributed by atoms with van der Waals surface area (Å²) >= 11 is 0. The van der Waals surface area contributed by atoms with Gasteiger partial charge in [0.15, 0.2) is 0 Å². The molecule has 0 aliphatic rings. The third-order valence-electron chi connectivity index (χ3n) is 2.55. The van der Waals surface area contributed by atoms with E-state index in [4.69, 9.17) is 15.7 Å². The Labute approximate surface area is 106 Å². The number of nitrogens with two attached hydrogens (primary N) is 1. The van der Waals surface area contributed by atoms with Crippen molar-refractivity contribution in [1.82, 2.24) is 4.98 Å². The number of rotatable bonds is 2. The van der Waals surface area contributed by atoms with Gasteiger partial charge < -0.3 is 10.5 Å².